The normalized spacial score (nSPS) is 11.1. The molecule has 3 aromatic rings. The van der Waals surface area contributed by atoms with Gasteiger partial charge in [-0.3, -0.25) is 4.79 Å². The summed E-state index contributed by atoms with van der Waals surface area (Å²) >= 11 is 0. The van der Waals surface area contributed by atoms with Gasteiger partial charge < -0.3 is 15.2 Å². The fraction of sp³-hybridized carbons (Fsp3) is 0.333. The molecular formula is C21H25N5O2. The molecule has 0 bridgehead atoms. The second-order valence-corrected chi connectivity index (χ2v) is 7.31. The van der Waals surface area contributed by atoms with Crippen molar-refractivity contribution in [2.75, 3.05) is 10.6 Å². The minimum absolute atomic E-state index is 0.201. The number of para-hydroxylation sites is 1. The molecule has 1 amide bonds. The van der Waals surface area contributed by atoms with Crippen LogP contribution in [0.25, 0.3) is 0 Å². The first-order chi connectivity index (χ1) is 13.3. The lowest BCUT2D eigenvalue weighted by Gasteiger charge is -2.20. The van der Waals surface area contributed by atoms with Crippen molar-refractivity contribution in [1.29, 1.82) is 0 Å². The summed E-state index contributed by atoms with van der Waals surface area (Å²) in [6.07, 6.45) is 3.00. The number of aromatic nitrogens is 3. The first-order valence-corrected chi connectivity index (χ1v) is 9.31. The van der Waals surface area contributed by atoms with Gasteiger partial charge in [0.25, 0.3) is 5.91 Å². The van der Waals surface area contributed by atoms with E-state index in [1.807, 2.05) is 0 Å². The number of carbonyl (C=O) groups excluding carboxylic acids is 1. The maximum absolute atomic E-state index is 12.3. The molecule has 28 heavy (non-hydrogen) atoms. The summed E-state index contributed by atoms with van der Waals surface area (Å²) in [5.41, 5.74) is 3.69. The number of hydrogen-bond acceptors (Lipinski definition) is 6. The molecule has 7 heteroatoms. The third-order valence-electron chi connectivity index (χ3n) is 4.38. The van der Waals surface area contributed by atoms with Crippen LogP contribution in [0.2, 0.25) is 0 Å². The first-order valence-electron chi connectivity index (χ1n) is 9.31. The van der Waals surface area contributed by atoms with Crippen LogP contribution in [0, 0.1) is 6.92 Å². The van der Waals surface area contributed by atoms with Crippen LogP contribution in [0.3, 0.4) is 0 Å². The summed E-state index contributed by atoms with van der Waals surface area (Å²) in [6.45, 7) is 10.4. The van der Waals surface area contributed by atoms with Gasteiger partial charge in [-0.25, -0.2) is 9.97 Å². The molecule has 1 aromatic carbocycles. The van der Waals surface area contributed by atoms with Gasteiger partial charge in [-0.1, -0.05) is 51.1 Å². The topological polar surface area (TPSA) is 92.9 Å². The number of benzene rings is 1. The highest BCUT2D eigenvalue weighted by Crippen LogP contribution is 2.33. The number of amides is 1. The Balaban J connectivity index is 1.80. The zero-order valence-corrected chi connectivity index (χ0v) is 16.8. The van der Waals surface area contributed by atoms with E-state index < -0.39 is 5.91 Å². The predicted octanol–water partition coefficient (Wildman–Crippen LogP) is 5.02. The average Bonchev–Trinajstić information content (AvgIpc) is 3.06. The van der Waals surface area contributed by atoms with E-state index in [9.17, 15) is 4.79 Å². The summed E-state index contributed by atoms with van der Waals surface area (Å²) in [7, 11) is 0. The number of rotatable bonds is 6. The highest BCUT2D eigenvalue weighted by Gasteiger charge is 2.15. The molecule has 2 N–H and O–H groups in total. The zero-order chi connectivity index (χ0) is 20.3. The van der Waals surface area contributed by atoms with Crippen molar-refractivity contribution in [2.24, 2.45) is 0 Å². The van der Waals surface area contributed by atoms with E-state index in [0.717, 1.165) is 5.69 Å². The molecule has 2 aromatic heterocycles. The van der Waals surface area contributed by atoms with E-state index in [2.05, 4.69) is 71.7 Å². The van der Waals surface area contributed by atoms with Gasteiger partial charge >= 0.3 is 0 Å². The van der Waals surface area contributed by atoms with Crippen LogP contribution in [-0.2, 0) is 0 Å². The Morgan fingerprint density at radius 1 is 1.00 bits per heavy atom. The highest BCUT2D eigenvalue weighted by molar-refractivity contribution is 6.02. The van der Waals surface area contributed by atoms with Crippen LogP contribution in [0.15, 0.2) is 41.2 Å². The monoisotopic (exact) mass is 379 g/mol. The number of nitrogens with zero attached hydrogens (tertiary/aromatic N) is 3. The molecule has 0 spiro atoms. The second-order valence-electron chi connectivity index (χ2n) is 7.31. The van der Waals surface area contributed by atoms with Crippen molar-refractivity contribution in [1.82, 2.24) is 15.1 Å². The molecule has 146 valence electrons. The molecule has 2 heterocycles. The van der Waals surface area contributed by atoms with Crippen LogP contribution in [0.1, 0.15) is 66.9 Å². The summed E-state index contributed by atoms with van der Waals surface area (Å²) in [6, 6.07) is 7.96. The Bertz CT molecular complexity index is 935. The van der Waals surface area contributed by atoms with E-state index in [1.165, 1.54) is 17.3 Å². The lowest BCUT2D eigenvalue weighted by atomic mass is 9.92. The fourth-order valence-corrected chi connectivity index (χ4v) is 2.94. The van der Waals surface area contributed by atoms with Crippen molar-refractivity contribution in [3.63, 3.8) is 0 Å². The molecule has 7 nitrogen and oxygen atoms in total. The molecule has 0 saturated carbocycles. The minimum Gasteiger partial charge on any atom is -0.360 e. The lowest BCUT2D eigenvalue weighted by molar-refractivity contribution is 0.102. The van der Waals surface area contributed by atoms with Crippen LogP contribution >= 0.6 is 0 Å². The summed E-state index contributed by atoms with van der Waals surface area (Å²) in [4.78, 5) is 20.9. The molecule has 0 fully saturated rings. The van der Waals surface area contributed by atoms with Gasteiger partial charge in [-0.15, -0.1) is 0 Å². The third-order valence-corrected chi connectivity index (χ3v) is 4.38. The van der Waals surface area contributed by atoms with E-state index in [1.54, 1.807) is 19.2 Å². The Labute approximate surface area is 164 Å². The third kappa shape index (κ3) is 4.36. The Hall–Kier alpha value is -3.22. The van der Waals surface area contributed by atoms with Crippen LogP contribution in [0.5, 0.6) is 0 Å². The molecule has 0 aliphatic heterocycles. The molecule has 0 unspecified atom stereocenters. The van der Waals surface area contributed by atoms with E-state index in [-0.39, 0.29) is 5.69 Å². The number of carbonyl (C=O) groups is 1. The zero-order valence-electron chi connectivity index (χ0n) is 16.8. The van der Waals surface area contributed by atoms with Crippen molar-refractivity contribution in [3.8, 4) is 0 Å². The largest absolute Gasteiger partial charge is 0.360 e. The molecule has 0 atom stereocenters. The molecule has 3 rings (SSSR count). The smallest absolute Gasteiger partial charge is 0.277 e. The van der Waals surface area contributed by atoms with E-state index in [0.29, 0.717) is 29.2 Å². The fourth-order valence-electron chi connectivity index (χ4n) is 2.94. The van der Waals surface area contributed by atoms with Gasteiger partial charge in [0.05, 0.1) is 12.4 Å². The molecule has 0 aliphatic rings. The minimum atomic E-state index is -0.391. The van der Waals surface area contributed by atoms with Gasteiger partial charge in [0, 0.05) is 11.8 Å². The van der Waals surface area contributed by atoms with Crippen LogP contribution < -0.4 is 10.6 Å². The highest BCUT2D eigenvalue weighted by atomic mass is 16.5. The molecule has 0 radical (unpaired) electrons. The van der Waals surface area contributed by atoms with Crippen molar-refractivity contribution >= 4 is 23.2 Å². The molecule has 0 saturated heterocycles. The number of aryl methyl sites for hydroxylation is 1. The number of nitrogens with one attached hydrogen (secondary N) is 2. The summed E-state index contributed by atoms with van der Waals surface area (Å²) in [5.74, 6) is 1.89. The Morgan fingerprint density at radius 2 is 1.68 bits per heavy atom. The summed E-state index contributed by atoms with van der Waals surface area (Å²) < 4.78 is 4.94. The first kappa shape index (κ1) is 19.5. The second kappa shape index (κ2) is 8.21. The molecule has 0 aliphatic carbocycles. The van der Waals surface area contributed by atoms with Crippen LogP contribution in [-0.4, -0.2) is 21.0 Å². The van der Waals surface area contributed by atoms with Gasteiger partial charge in [-0.05, 0) is 29.9 Å². The summed E-state index contributed by atoms with van der Waals surface area (Å²) in [5, 5.41) is 9.76. The van der Waals surface area contributed by atoms with Crippen molar-refractivity contribution < 1.29 is 9.32 Å². The van der Waals surface area contributed by atoms with Gasteiger partial charge in [0.15, 0.2) is 5.82 Å². The lowest BCUT2D eigenvalue weighted by Crippen LogP contribution is -2.14. The number of anilines is 3. The van der Waals surface area contributed by atoms with Crippen molar-refractivity contribution in [2.45, 2.75) is 46.5 Å². The quantitative estimate of drug-likeness (QED) is 0.625. The van der Waals surface area contributed by atoms with Gasteiger partial charge in [0.2, 0.25) is 0 Å². The van der Waals surface area contributed by atoms with Crippen LogP contribution in [0.4, 0.5) is 17.3 Å². The standard InChI is InChI=1S/C21H25N5O2/c1-12(2)15-7-6-8-16(13(3)4)20(15)24-19-11-22-17(10-23-19)21(27)25-18-9-14(5)28-26-18/h6-13H,1-5H3,(H,23,24)(H,25,26,27). The molecular weight excluding hydrogens is 354 g/mol. The van der Waals surface area contributed by atoms with E-state index >= 15 is 0 Å². The predicted molar refractivity (Wildman–Crippen MR) is 109 cm³/mol. The maximum atomic E-state index is 12.3. The maximum Gasteiger partial charge on any atom is 0.277 e. The van der Waals surface area contributed by atoms with Gasteiger partial charge in [-0.2, -0.15) is 0 Å². The van der Waals surface area contributed by atoms with Crippen molar-refractivity contribution in [3.05, 3.63) is 59.2 Å². The van der Waals surface area contributed by atoms with Gasteiger partial charge in [0.1, 0.15) is 17.3 Å². The average molecular weight is 379 g/mol. The Morgan fingerprint density at radius 3 is 2.18 bits per heavy atom. The Kier molecular flexibility index (Phi) is 5.73. The number of hydrogen-bond donors (Lipinski definition) is 2. The SMILES string of the molecule is Cc1cc(NC(=O)c2cnc(Nc3c(C(C)C)cccc3C(C)C)cn2)no1. The van der Waals surface area contributed by atoms with E-state index in [4.69, 9.17) is 4.52 Å².